The Hall–Kier alpha value is 0.190. The molecule has 2 atom stereocenters. The molecule has 0 saturated carbocycles. The average molecular weight is 354 g/mol. The molecule has 0 fully saturated rings. The molecule has 1 N–H and O–H groups in total. The van der Waals surface area contributed by atoms with Crippen LogP contribution >= 0.6 is 23.0 Å². The Morgan fingerprint density at radius 3 is 2.88 bits per heavy atom. The number of ether oxygens (including phenoxy) is 1. The van der Waals surface area contributed by atoms with Gasteiger partial charge in [0.2, 0.25) is 0 Å². The van der Waals surface area contributed by atoms with Crippen molar-refractivity contribution in [2.24, 2.45) is 5.92 Å². The van der Waals surface area contributed by atoms with Gasteiger partial charge < -0.3 is 12.9 Å². The Morgan fingerprint density at radius 1 is 1.47 bits per heavy atom. The van der Waals surface area contributed by atoms with Crippen LogP contribution in [0.5, 0.6) is 0 Å². The molecule has 0 aliphatic heterocycles. The van der Waals surface area contributed by atoms with Crippen LogP contribution in [-0.2, 0) is 7.80 Å². The highest BCUT2D eigenvalue weighted by Crippen LogP contribution is 2.28. The van der Waals surface area contributed by atoms with Crippen LogP contribution in [0.4, 0.5) is 0 Å². The maximum Gasteiger partial charge on any atom is 0.192 e. The van der Waals surface area contributed by atoms with E-state index >= 15 is 0 Å². The van der Waals surface area contributed by atoms with Gasteiger partial charge in [0, 0.05) is 18.9 Å². The maximum absolute atomic E-state index is 9.90. The number of unbranched alkanes of at least 4 members (excludes halogenated alkanes) is 3. The highest BCUT2D eigenvalue weighted by atomic mass is 127. The van der Waals surface area contributed by atoms with E-state index in [4.69, 9.17) is 7.80 Å². The lowest BCUT2D eigenvalue weighted by molar-refractivity contribution is -0.136. The van der Waals surface area contributed by atoms with Gasteiger partial charge in [0.05, 0.1) is 0 Å². The van der Waals surface area contributed by atoms with E-state index in [1.54, 1.807) is 0 Å². The Balaban J connectivity index is 2.12. The molecule has 17 heavy (non-hydrogen) atoms. The number of rotatable bonds is 8. The number of hydrogen-bond acceptors (Lipinski definition) is 3. The summed E-state index contributed by atoms with van der Waals surface area (Å²) in [4.78, 5) is 0. The molecule has 0 heterocycles. The van der Waals surface area contributed by atoms with E-state index in [0.29, 0.717) is 6.61 Å². The molecular formula is C13H23IO3. The third-order valence-corrected chi connectivity index (χ3v) is 3.76. The van der Waals surface area contributed by atoms with Crippen molar-refractivity contribution in [2.75, 3.05) is 6.61 Å². The van der Waals surface area contributed by atoms with Gasteiger partial charge in [-0.15, -0.1) is 0 Å². The molecule has 0 radical (unpaired) electrons. The monoisotopic (exact) mass is 354 g/mol. The van der Waals surface area contributed by atoms with Crippen LogP contribution in [0.1, 0.15) is 51.9 Å². The quantitative estimate of drug-likeness (QED) is 0.408. The first kappa shape index (κ1) is 15.2. The van der Waals surface area contributed by atoms with E-state index in [0.717, 1.165) is 31.4 Å². The first-order valence-corrected chi connectivity index (χ1v) is 7.43. The molecule has 0 bridgehead atoms. The summed E-state index contributed by atoms with van der Waals surface area (Å²) in [6, 6.07) is 0. The molecule has 0 saturated heterocycles. The molecule has 0 amide bonds. The lowest BCUT2D eigenvalue weighted by Gasteiger charge is -2.25. The molecule has 100 valence electrons. The van der Waals surface area contributed by atoms with Gasteiger partial charge in [-0.05, 0) is 25.3 Å². The normalized spacial score (nSPS) is 22.1. The summed E-state index contributed by atoms with van der Waals surface area (Å²) in [5.41, 5.74) is 0. The second-order valence-corrected chi connectivity index (χ2v) is 5.04. The molecule has 1 rings (SSSR count). The van der Waals surface area contributed by atoms with E-state index in [2.05, 4.69) is 13.0 Å². The zero-order valence-electron chi connectivity index (χ0n) is 10.5. The van der Waals surface area contributed by atoms with E-state index < -0.39 is 6.29 Å². The molecule has 0 spiro atoms. The third kappa shape index (κ3) is 6.06. The largest absolute Gasteiger partial charge is 0.433 e. The molecule has 1 aliphatic rings. The van der Waals surface area contributed by atoms with Crippen LogP contribution < -0.4 is 0 Å². The van der Waals surface area contributed by atoms with Crippen molar-refractivity contribution in [2.45, 2.75) is 58.2 Å². The summed E-state index contributed by atoms with van der Waals surface area (Å²) in [6.45, 7) is 2.87. The number of aliphatic hydroxyl groups excluding tert-OH is 1. The number of hydrogen-bond donors (Lipinski definition) is 1. The fourth-order valence-corrected chi connectivity index (χ4v) is 2.43. The molecule has 3 nitrogen and oxygen atoms in total. The maximum atomic E-state index is 9.90. The second kappa shape index (κ2) is 9.16. The van der Waals surface area contributed by atoms with Gasteiger partial charge in [-0.3, -0.25) is 0 Å². The molecule has 0 aromatic heterocycles. The molecule has 1 aliphatic carbocycles. The molecular weight excluding hydrogens is 331 g/mol. The van der Waals surface area contributed by atoms with Crippen molar-refractivity contribution in [1.29, 1.82) is 0 Å². The number of halogens is 1. The summed E-state index contributed by atoms with van der Waals surface area (Å²) in [5.74, 6) is 1.26. The van der Waals surface area contributed by atoms with Crippen molar-refractivity contribution in [3.63, 3.8) is 0 Å². The fourth-order valence-electron chi connectivity index (χ4n) is 2.03. The predicted molar refractivity (Wildman–Crippen MR) is 76.6 cm³/mol. The lowest BCUT2D eigenvalue weighted by atomic mass is 9.93. The fraction of sp³-hybridized carbons (Fsp3) is 0.846. The van der Waals surface area contributed by atoms with Gasteiger partial charge >= 0.3 is 0 Å². The second-order valence-electron chi connectivity index (χ2n) is 4.60. The Labute approximate surface area is 118 Å². The Kier molecular flexibility index (Phi) is 8.22. The Bertz CT molecular complexity index is 231. The highest BCUT2D eigenvalue weighted by molar-refractivity contribution is 14.1. The molecule has 2 unspecified atom stereocenters. The summed E-state index contributed by atoms with van der Waals surface area (Å²) < 4.78 is 10.6. The molecule has 4 heteroatoms. The Morgan fingerprint density at radius 2 is 2.29 bits per heavy atom. The van der Waals surface area contributed by atoms with E-state index in [1.165, 1.54) is 19.3 Å². The smallest absolute Gasteiger partial charge is 0.192 e. The average Bonchev–Trinajstić information content (AvgIpc) is 2.38. The van der Waals surface area contributed by atoms with E-state index in [9.17, 15) is 5.11 Å². The summed E-state index contributed by atoms with van der Waals surface area (Å²) in [6.07, 6.45) is 8.89. The summed E-state index contributed by atoms with van der Waals surface area (Å²) in [7, 11) is 0. The van der Waals surface area contributed by atoms with Crippen LogP contribution in [0.25, 0.3) is 0 Å². The van der Waals surface area contributed by atoms with Gasteiger partial charge in [-0.25, -0.2) is 0 Å². The van der Waals surface area contributed by atoms with Gasteiger partial charge in [0.25, 0.3) is 0 Å². The minimum atomic E-state index is -0.608. The van der Waals surface area contributed by atoms with Gasteiger partial charge in [0.1, 0.15) is 5.76 Å². The summed E-state index contributed by atoms with van der Waals surface area (Å²) in [5, 5.41) is 9.90. The molecule has 0 aromatic rings. The van der Waals surface area contributed by atoms with Crippen LogP contribution in [-0.4, -0.2) is 18.0 Å². The van der Waals surface area contributed by atoms with Crippen LogP contribution in [0, 0.1) is 5.92 Å². The zero-order valence-corrected chi connectivity index (χ0v) is 12.7. The minimum absolute atomic E-state index is 0.233. The van der Waals surface area contributed by atoms with Gasteiger partial charge in [-0.2, -0.15) is 0 Å². The number of allylic oxidation sites excluding steroid dienone is 2. The van der Waals surface area contributed by atoms with Crippen molar-refractivity contribution in [3.8, 4) is 0 Å². The lowest BCUT2D eigenvalue weighted by Crippen LogP contribution is -2.25. The van der Waals surface area contributed by atoms with E-state index in [-0.39, 0.29) is 5.92 Å². The standard InChI is InChI=1S/C13H23IO3/c1-2-3-4-5-10-16-13(15)11-6-8-12(17-14)9-7-11/h8,11,13,15H,2-7,9-10H2,1H3. The predicted octanol–water partition coefficient (Wildman–Crippen LogP) is 3.95. The topological polar surface area (TPSA) is 38.7 Å². The van der Waals surface area contributed by atoms with Gasteiger partial charge in [-0.1, -0.05) is 26.2 Å². The van der Waals surface area contributed by atoms with Crippen LogP contribution in [0.15, 0.2) is 11.8 Å². The first-order valence-electron chi connectivity index (χ1n) is 6.55. The van der Waals surface area contributed by atoms with Crippen molar-refractivity contribution < 1.29 is 12.9 Å². The summed E-state index contributed by atoms with van der Waals surface area (Å²) >= 11 is 1.90. The SMILES string of the molecule is CCCCCCOC(O)C1CC=C(OI)CC1. The van der Waals surface area contributed by atoms with E-state index in [1.807, 2.05) is 23.0 Å². The minimum Gasteiger partial charge on any atom is -0.433 e. The number of aliphatic hydroxyl groups is 1. The highest BCUT2D eigenvalue weighted by Gasteiger charge is 2.22. The van der Waals surface area contributed by atoms with Gasteiger partial charge in [0.15, 0.2) is 29.3 Å². The van der Waals surface area contributed by atoms with Crippen molar-refractivity contribution >= 4 is 23.0 Å². The third-order valence-electron chi connectivity index (χ3n) is 3.20. The van der Waals surface area contributed by atoms with Crippen molar-refractivity contribution in [3.05, 3.63) is 11.8 Å². The van der Waals surface area contributed by atoms with Crippen molar-refractivity contribution in [1.82, 2.24) is 0 Å². The molecule has 0 aromatic carbocycles. The van der Waals surface area contributed by atoms with Crippen LogP contribution in [0.2, 0.25) is 0 Å². The van der Waals surface area contributed by atoms with Crippen LogP contribution in [0.3, 0.4) is 0 Å². The zero-order chi connectivity index (χ0) is 12.5. The first-order chi connectivity index (χ1) is 8.27.